The summed E-state index contributed by atoms with van der Waals surface area (Å²) in [6.45, 7) is 1.86. The molecule has 0 aromatic heterocycles. The molecule has 1 saturated carbocycles. The van der Waals surface area contributed by atoms with Crippen molar-refractivity contribution in [3.63, 3.8) is 0 Å². The van der Waals surface area contributed by atoms with E-state index in [4.69, 9.17) is 0 Å². The molecular weight excluding hydrogens is 278 g/mol. The fourth-order valence-corrected chi connectivity index (χ4v) is 3.99. The van der Waals surface area contributed by atoms with Crippen LogP contribution in [0, 0.1) is 5.92 Å². The summed E-state index contributed by atoms with van der Waals surface area (Å²) in [6, 6.07) is 10.7. The van der Waals surface area contributed by atoms with Gasteiger partial charge in [0.2, 0.25) is 0 Å². The number of hydrogen-bond acceptors (Lipinski definition) is 4. The molecule has 122 valence electrons. The lowest BCUT2D eigenvalue weighted by Gasteiger charge is -2.39. The van der Waals surface area contributed by atoms with Crippen LogP contribution in [-0.2, 0) is 0 Å². The first-order valence-corrected chi connectivity index (χ1v) is 8.45. The average molecular weight is 305 g/mol. The minimum absolute atomic E-state index is 0.469. The summed E-state index contributed by atoms with van der Waals surface area (Å²) in [5, 5.41) is 29.2. The van der Waals surface area contributed by atoms with Crippen molar-refractivity contribution in [1.29, 1.82) is 0 Å². The first-order chi connectivity index (χ1) is 10.6. The van der Waals surface area contributed by atoms with E-state index in [2.05, 4.69) is 35.2 Å². The van der Waals surface area contributed by atoms with Gasteiger partial charge in [-0.1, -0.05) is 30.3 Å². The molecule has 3 N–H and O–H groups in total. The summed E-state index contributed by atoms with van der Waals surface area (Å²) in [5.74, 6) is 1.31. The Morgan fingerprint density at radius 3 is 2.05 bits per heavy atom. The summed E-state index contributed by atoms with van der Waals surface area (Å²) in [7, 11) is 0. The van der Waals surface area contributed by atoms with E-state index in [9.17, 15) is 15.3 Å². The maximum absolute atomic E-state index is 9.79. The largest absolute Gasteiger partial charge is 0.389 e. The van der Waals surface area contributed by atoms with Gasteiger partial charge in [-0.3, -0.25) is 4.90 Å². The zero-order chi connectivity index (χ0) is 15.5. The highest BCUT2D eigenvalue weighted by atomic mass is 16.4. The van der Waals surface area contributed by atoms with Crippen LogP contribution in [0.3, 0.4) is 0 Å². The Balaban J connectivity index is 1.48. The van der Waals surface area contributed by atoms with Crippen molar-refractivity contribution in [3.8, 4) is 0 Å². The molecule has 0 radical (unpaired) electrons. The molecule has 1 aromatic rings. The van der Waals surface area contributed by atoms with Crippen molar-refractivity contribution in [2.45, 2.75) is 49.9 Å². The zero-order valence-corrected chi connectivity index (χ0v) is 13.0. The second kappa shape index (κ2) is 7.09. The van der Waals surface area contributed by atoms with Crippen molar-refractivity contribution < 1.29 is 15.3 Å². The smallest absolute Gasteiger partial charge is 0.108 e. The van der Waals surface area contributed by atoms with Gasteiger partial charge in [-0.05, 0) is 43.1 Å². The van der Waals surface area contributed by atoms with Gasteiger partial charge in [0.15, 0.2) is 0 Å². The van der Waals surface area contributed by atoms with E-state index in [1.54, 1.807) is 0 Å². The second-order valence-corrected chi connectivity index (χ2v) is 6.97. The normalized spacial score (nSPS) is 37.1. The number of likely N-dealkylation sites (tertiary alicyclic amines) is 1. The fourth-order valence-electron chi connectivity index (χ4n) is 3.99. The van der Waals surface area contributed by atoms with Gasteiger partial charge in [0.05, 0.1) is 12.2 Å². The number of piperidine rings is 1. The molecule has 0 bridgehead atoms. The van der Waals surface area contributed by atoms with Crippen molar-refractivity contribution in [3.05, 3.63) is 35.9 Å². The van der Waals surface area contributed by atoms with E-state index in [0.29, 0.717) is 24.9 Å². The topological polar surface area (TPSA) is 63.9 Å². The lowest BCUT2D eigenvalue weighted by atomic mass is 9.78. The van der Waals surface area contributed by atoms with Crippen LogP contribution in [0.2, 0.25) is 0 Å². The van der Waals surface area contributed by atoms with Crippen LogP contribution in [0.25, 0.3) is 0 Å². The van der Waals surface area contributed by atoms with E-state index in [0.717, 1.165) is 6.54 Å². The SMILES string of the molecule is O[C@H]1[C@H](O)CN(CC2CCC(c3ccccc3)CC2)C[C@@H]1O. The molecule has 3 atom stereocenters. The lowest BCUT2D eigenvalue weighted by molar-refractivity contribution is -0.112. The van der Waals surface area contributed by atoms with Crippen molar-refractivity contribution in [1.82, 2.24) is 4.90 Å². The number of nitrogens with zero attached hydrogens (tertiary/aromatic N) is 1. The molecule has 2 fully saturated rings. The van der Waals surface area contributed by atoms with Crippen LogP contribution in [0.5, 0.6) is 0 Å². The molecule has 4 nitrogen and oxygen atoms in total. The average Bonchev–Trinajstić information content (AvgIpc) is 2.54. The monoisotopic (exact) mass is 305 g/mol. The molecule has 1 aliphatic carbocycles. The van der Waals surface area contributed by atoms with E-state index < -0.39 is 18.3 Å². The molecule has 1 heterocycles. The molecule has 0 unspecified atom stereocenters. The molecular formula is C18H27NO3. The van der Waals surface area contributed by atoms with Gasteiger partial charge in [-0.25, -0.2) is 0 Å². The molecule has 0 amide bonds. The van der Waals surface area contributed by atoms with E-state index in [-0.39, 0.29) is 0 Å². The van der Waals surface area contributed by atoms with Gasteiger partial charge in [-0.15, -0.1) is 0 Å². The minimum atomic E-state index is -0.995. The molecule has 1 aliphatic heterocycles. The molecule has 1 saturated heterocycles. The third-order valence-corrected chi connectivity index (χ3v) is 5.31. The molecule has 1 aromatic carbocycles. The number of β-amino-alcohol motifs (C(OH)–C–C–N with tert-alkyl or cyclic N) is 2. The van der Waals surface area contributed by atoms with E-state index >= 15 is 0 Å². The predicted octanol–water partition coefficient (Wildman–Crippen LogP) is 1.36. The Morgan fingerprint density at radius 2 is 1.45 bits per heavy atom. The van der Waals surface area contributed by atoms with Crippen LogP contribution in [0.4, 0.5) is 0 Å². The Morgan fingerprint density at radius 1 is 0.864 bits per heavy atom. The molecule has 3 rings (SSSR count). The summed E-state index contributed by atoms with van der Waals surface area (Å²) in [5.41, 5.74) is 1.45. The van der Waals surface area contributed by atoms with Crippen molar-refractivity contribution >= 4 is 0 Å². The summed E-state index contributed by atoms with van der Waals surface area (Å²) >= 11 is 0. The van der Waals surface area contributed by atoms with Gasteiger partial charge < -0.3 is 15.3 Å². The number of rotatable bonds is 3. The van der Waals surface area contributed by atoms with Gasteiger partial charge in [0.1, 0.15) is 6.10 Å². The Bertz CT molecular complexity index is 447. The fraction of sp³-hybridized carbons (Fsp3) is 0.667. The number of benzene rings is 1. The second-order valence-electron chi connectivity index (χ2n) is 6.97. The number of aliphatic hydroxyl groups excluding tert-OH is 3. The van der Waals surface area contributed by atoms with Crippen molar-refractivity contribution in [2.75, 3.05) is 19.6 Å². The Kier molecular flexibility index (Phi) is 5.14. The maximum atomic E-state index is 9.79. The number of aliphatic hydroxyl groups is 3. The minimum Gasteiger partial charge on any atom is -0.389 e. The van der Waals surface area contributed by atoms with Gasteiger partial charge >= 0.3 is 0 Å². The Labute approximate surface area is 132 Å². The highest BCUT2D eigenvalue weighted by Gasteiger charge is 2.34. The van der Waals surface area contributed by atoms with Crippen molar-refractivity contribution in [2.24, 2.45) is 5.92 Å². The molecule has 4 heteroatoms. The van der Waals surface area contributed by atoms with Crippen LogP contribution in [0.15, 0.2) is 30.3 Å². The van der Waals surface area contributed by atoms with Gasteiger partial charge in [0.25, 0.3) is 0 Å². The van der Waals surface area contributed by atoms with Crippen LogP contribution >= 0.6 is 0 Å². The Hall–Kier alpha value is -0.940. The van der Waals surface area contributed by atoms with E-state index in [1.807, 2.05) is 0 Å². The first kappa shape index (κ1) is 15.9. The maximum Gasteiger partial charge on any atom is 0.108 e. The quantitative estimate of drug-likeness (QED) is 0.789. The first-order valence-electron chi connectivity index (χ1n) is 8.45. The highest BCUT2D eigenvalue weighted by molar-refractivity contribution is 5.19. The van der Waals surface area contributed by atoms with E-state index in [1.165, 1.54) is 31.2 Å². The molecule has 2 aliphatic rings. The predicted molar refractivity (Wildman–Crippen MR) is 85.6 cm³/mol. The summed E-state index contributed by atoms with van der Waals surface area (Å²) in [6.07, 6.45) is 2.18. The van der Waals surface area contributed by atoms with Crippen LogP contribution < -0.4 is 0 Å². The summed E-state index contributed by atoms with van der Waals surface area (Å²) in [4.78, 5) is 2.11. The van der Waals surface area contributed by atoms with Gasteiger partial charge in [-0.2, -0.15) is 0 Å². The molecule has 22 heavy (non-hydrogen) atoms. The van der Waals surface area contributed by atoms with Gasteiger partial charge in [0, 0.05) is 19.6 Å². The lowest BCUT2D eigenvalue weighted by Crippen LogP contribution is -2.56. The summed E-state index contributed by atoms with van der Waals surface area (Å²) < 4.78 is 0. The zero-order valence-electron chi connectivity index (χ0n) is 13.0. The molecule has 0 spiro atoms. The highest BCUT2D eigenvalue weighted by Crippen LogP contribution is 2.36. The van der Waals surface area contributed by atoms with Crippen LogP contribution in [-0.4, -0.2) is 58.2 Å². The third kappa shape index (κ3) is 3.69. The standard InChI is InChI=1S/C18H27NO3/c20-16-11-19(12-17(21)18(16)22)10-13-6-8-15(9-7-13)14-4-2-1-3-5-14/h1-5,13,15-18,20-22H,6-12H2/t13?,15?,16-,17+,18+. The van der Waals surface area contributed by atoms with Crippen LogP contribution in [0.1, 0.15) is 37.2 Å². The third-order valence-electron chi connectivity index (χ3n) is 5.31. The number of hydrogen-bond donors (Lipinski definition) is 3.